The Bertz CT molecular complexity index is 516. The Morgan fingerprint density at radius 2 is 2.16 bits per heavy atom. The van der Waals surface area contributed by atoms with Crippen LogP contribution in [0, 0.1) is 6.92 Å². The molecular weight excluding hydrogens is 260 g/mol. The maximum absolute atomic E-state index is 12.1. The first-order chi connectivity index (χ1) is 9.04. The molecule has 1 aliphatic heterocycles. The summed E-state index contributed by atoms with van der Waals surface area (Å²) in [7, 11) is 0. The molecule has 1 aromatic carbocycles. The van der Waals surface area contributed by atoms with Crippen LogP contribution in [0.3, 0.4) is 0 Å². The summed E-state index contributed by atoms with van der Waals surface area (Å²) in [5, 5.41) is -0.330. The molecule has 1 atom stereocenters. The SMILES string of the molecule is CCCN1C(=O)CC(Sc2cccc(C)c2N)C1=O. The molecule has 1 saturated heterocycles. The van der Waals surface area contributed by atoms with E-state index in [-0.39, 0.29) is 23.5 Å². The quantitative estimate of drug-likeness (QED) is 0.677. The molecule has 0 aliphatic carbocycles. The number of para-hydroxylation sites is 1. The van der Waals surface area contributed by atoms with Gasteiger partial charge in [0.1, 0.15) is 0 Å². The van der Waals surface area contributed by atoms with Crippen molar-refractivity contribution < 1.29 is 9.59 Å². The number of rotatable bonds is 4. The number of aryl methyl sites for hydroxylation is 1. The molecule has 2 rings (SSSR count). The predicted molar refractivity (Wildman–Crippen MR) is 76.9 cm³/mol. The van der Waals surface area contributed by atoms with Crippen molar-refractivity contribution in [3.05, 3.63) is 23.8 Å². The molecule has 0 aromatic heterocycles. The molecule has 5 heteroatoms. The second-order valence-electron chi connectivity index (χ2n) is 4.68. The average Bonchev–Trinajstić information content (AvgIpc) is 2.63. The van der Waals surface area contributed by atoms with E-state index in [0.29, 0.717) is 12.2 Å². The number of nitrogen functional groups attached to an aromatic ring is 1. The van der Waals surface area contributed by atoms with Gasteiger partial charge in [-0.3, -0.25) is 14.5 Å². The van der Waals surface area contributed by atoms with Crippen LogP contribution in [0.2, 0.25) is 0 Å². The van der Waals surface area contributed by atoms with Crippen molar-refractivity contribution in [3.63, 3.8) is 0 Å². The zero-order chi connectivity index (χ0) is 14.0. The number of thioether (sulfide) groups is 1. The van der Waals surface area contributed by atoms with Crippen molar-refractivity contribution in [3.8, 4) is 0 Å². The highest BCUT2D eigenvalue weighted by atomic mass is 32.2. The Morgan fingerprint density at radius 3 is 2.84 bits per heavy atom. The minimum Gasteiger partial charge on any atom is -0.398 e. The summed E-state index contributed by atoms with van der Waals surface area (Å²) < 4.78 is 0. The fraction of sp³-hybridized carbons (Fsp3) is 0.429. The highest BCUT2D eigenvalue weighted by molar-refractivity contribution is 8.00. The number of carbonyl (C=O) groups is 2. The van der Waals surface area contributed by atoms with Gasteiger partial charge >= 0.3 is 0 Å². The first-order valence-corrected chi connectivity index (χ1v) is 7.28. The zero-order valence-corrected chi connectivity index (χ0v) is 12.0. The number of hydrogen-bond donors (Lipinski definition) is 1. The van der Waals surface area contributed by atoms with Gasteiger partial charge in [-0.2, -0.15) is 0 Å². The summed E-state index contributed by atoms with van der Waals surface area (Å²) in [4.78, 5) is 26.2. The highest BCUT2D eigenvalue weighted by Crippen LogP contribution is 2.35. The van der Waals surface area contributed by atoms with E-state index in [0.717, 1.165) is 16.9 Å². The molecule has 19 heavy (non-hydrogen) atoms. The summed E-state index contributed by atoms with van der Waals surface area (Å²) in [6.45, 7) is 4.40. The highest BCUT2D eigenvalue weighted by Gasteiger charge is 2.38. The lowest BCUT2D eigenvalue weighted by molar-refractivity contribution is -0.138. The molecule has 0 radical (unpaired) electrons. The van der Waals surface area contributed by atoms with Crippen LogP contribution < -0.4 is 5.73 Å². The Balaban J connectivity index is 2.14. The molecule has 0 bridgehead atoms. The molecule has 102 valence electrons. The maximum atomic E-state index is 12.1. The van der Waals surface area contributed by atoms with Crippen molar-refractivity contribution in [2.45, 2.75) is 36.8 Å². The van der Waals surface area contributed by atoms with Crippen molar-refractivity contribution in [1.29, 1.82) is 0 Å². The van der Waals surface area contributed by atoms with Crippen LogP contribution in [0.4, 0.5) is 5.69 Å². The number of hydrogen-bond acceptors (Lipinski definition) is 4. The van der Waals surface area contributed by atoms with E-state index in [1.165, 1.54) is 16.7 Å². The van der Waals surface area contributed by atoms with Crippen LogP contribution >= 0.6 is 11.8 Å². The van der Waals surface area contributed by atoms with Crippen molar-refractivity contribution in [2.24, 2.45) is 0 Å². The minimum atomic E-state index is -0.330. The monoisotopic (exact) mass is 278 g/mol. The fourth-order valence-corrected chi connectivity index (χ4v) is 3.32. The number of nitrogens with two attached hydrogens (primary N) is 1. The summed E-state index contributed by atoms with van der Waals surface area (Å²) in [6.07, 6.45) is 1.07. The van der Waals surface area contributed by atoms with E-state index >= 15 is 0 Å². The summed E-state index contributed by atoms with van der Waals surface area (Å²) in [6, 6.07) is 5.75. The molecule has 2 N–H and O–H groups in total. The van der Waals surface area contributed by atoms with E-state index in [9.17, 15) is 9.59 Å². The number of likely N-dealkylation sites (tertiary alicyclic amines) is 1. The molecule has 1 fully saturated rings. The molecule has 4 nitrogen and oxygen atoms in total. The van der Waals surface area contributed by atoms with Crippen LogP contribution in [0.5, 0.6) is 0 Å². The Morgan fingerprint density at radius 1 is 1.42 bits per heavy atom. The fourth-order valence-electron chi connectivity index (χ4n) is 2.11. The van der Waals surface area contributed by atoms with E-state index in [1.54, 1.807) is 0 Å². The molecular formula is C14H18N2O2S. The van der Waals surface area contributed by atoms with E-state index in [2.05, 4.69) is 0 Å². The van der Waals surface area contributed by atoms with Gasteiger partial charge in [-0.25, -0.2) is 0 Å². The third-order valence-corrected chi connectivity index (χ3v) is 4.47. The largest absolute Gasteiger partial charge is 0.398 e. The van der Waals surface area contributed by atoms with Gasteiger partial charge in [-0.1, -0.05) is 19.1 Å². The van der Waals surface area contributed by atoms with Crippen LogP contribution in [-0.2, 0) is 9.59 Å². The van der Waals surface area contributed by atoms with Crippen LogP contribution in [0.1, 0.15) is 25.3 Å². The van der Waals surface area contributed by atoms with E-state index < -0.39 is 0 Å². The lowest BCUT2D eigenvalue weighted by Gasteiger charge is -2.14. The molecule has 1 aliphatic rings. The van der Waals surface area contributed by atoms with Crippen LogP contribution in [0.15, 0.2) is 23.1 Å². The molecule has 1 heterocycles. The minimum absolute atomic E-state index is 0.0735. The topological polar surface area (TPSA) is 63.4 Å². The number of carbonyl (C=O) groups excluding carboxylic acids is 2. The van der Waals surface area contributed by atoms with Crippen LogP contribution in [0.25, 0.3) is 0 Å². The Labute approximate surface area is 117 Å². The second kappa shape index (κ2) is 5.65. The third kappa shape index (κ3) is 2.76. The molecule has 0 saturated carbocycles. The van der Waals surface area contributed by atoms with Crippen LogP contribution in [-0.4, -0.2) is 28.5 Å². The van der Waals surface area contributed by atoms with Gasteiger partial charge in [-0.15, -0.1) is 11.8 Å². The summed E-state index contributed by atoms with van der Waals surface area (Å²) in [5.74, 6) is -0.159. The number of benzene rings is 1. The molecule has 0 spiro atoms. The predicted octanol–water partition coefficient (Wildman–Crippen LogP) is 2.21. The van der Waals surface area contributed by atoms with Gasteiger partial charge in [-0.05, 0) is 25.0 Å². The van der Waals surface area contributed by atoms with E-state index in [1.807, 2.05) is 32.0 Å². The van der Waals surface area contributed by atoms with E-state index in [4.69, 9.17) is 5.73 Å². The van der Waals surface area contributed by atoms with Crippen molar-refractivity contribution in [2.75, 3.05) is 12.3 Å². The van der Waals surface area contributed by atoms with Gasteiger partial charge in [0.15, 0.2) is 0 Å². The smallest absolute Gasteiger partial charge is 0.243 e. The van der Waals surface area contributed by atoms with Gasteiger partial charge in [0, 0.05) is 23.5 Å². The Kier molecular flexibility index (Phi) is 4.14. The summed E-state index contributed by atoms with van der Waals surface area (Å²) >= 11 is 1.40. The second-order valence-corrected chi connectivity index (χ2v) is 5.93. The normalized spacial score (nSPS) is 19.3. The molecule has 2 amide bonds. The van der Waals surface area contributed by atoms with Gasteiger partial charge in [0.25, 0.3) is 0 Å². The summed E-state index contributed by atoms with van der Waals surface area (Å²) in [5.41, 5.74) is 7.69. The average molecular weight is 278 g/mol. The first-order valence-electron chi connectivity index (χ1n) is 6.40. The molecule has 1 unspecified atom stereocenters. The number of amides is 2. The molecule has 1 aromatic rings. The maximum Gasteiger partial charge on any atom is 0.243 e. The number of anilines is 1. The zero-order valence-electron chi connectivity index (χ0n) is 11.2. The number of nitrogens with zero attached hydrogens (tertiary/aromatic N) is 1. The number of imide groups is 1. The third-order valence-electron chi connectivity index (χ3n) is 3.20. The Hall–Kier alpha value is -1.49. The van der Waals surface area contributed by atoms with Gasteiger partial charge in [0.05, 0.1) is 5.25 Å². The lowest BCUT2D eigenvalue weighted by atomic mass is 10.2. The first kappa shape index (κ1) is 13.9. The lowest BCUT2D eigenvalue weighted by Crippen LogP contribution is -2.31. The van der Waals surface area contributed by atoms with Gasteiger partial charge in [0.2, 0.25) is 11.8 Å². The van der Waals surface area contributed by atoms with Gasteiger partial charge < -0.3 is 5.73 Å². The van der Waals surface area contributed by atoms with Crippen molar-refractivity contribution >= 4 is 29.3 Å². The van der Waals surface area contributed by atoms with Crippen molar-refractivity contribution in [1.82, 2.24) is 4.90 Å². The standard InChI is InChI=1S/C14H18N2O2S/c1-3-7-16-12(17)8-11(14(16)18)19-10-6-4-5-9(2)13(10)15/h4-6,11H,3,7-8,15H2,1-2H3.